The number of carboxylic acids is 1. The van der Waals surface area contributed by atoms with Crippen LogP contribution in [0.25, 0.3) is 6.08 Å². The summed E-state index contributed by atoms with van der Waals surface area (Å²) >= 11 is 6.28. The van der Waals surface area contributed by atoms with Crippen LogP contribution in [0, 0.1) is 9.36 Å². The van der Waals surface area contributed by atoms with E-state index in [-0.39, 0.29) is 36.1 Å². The number of aliphatic carboxylic acids is 1. The molecule has 2 aromatic rings. The molecule has 0 spiro atoms. The van der Waals surface area contributed by atoms with E-state index in [0.717, 1.165) is 11.3 Å². The zero-order valence-corrected chi connectivity index (χ0v) is 15.0. The molecule has 1 aromatic carbocycles. The maximum absolute atomic E-state index is 12.6. The van der Waals surface area contributed by atoms with Gasteiger partial charge < -0.3 is 14.9 Å². The molecule has 7 nitrogen and oxygen atoms in total. The fourth-order valence-corrected chi connectivity index (χ4v) is 3.81. The van der Waals surface area contributed by atoms with E-state index in [2.05, 4.69) is 0 Å². The lowest BCUT2D eigenvalue weighted by Gasteiger charge is -2.18. The van der Waals surface area contributed by atoms with Crippen LogP contribution >= 0.6 is 23.6 Å². The minimum absolute atomic E-state index is 0.0212. The number of fused-ring (bicyclic) bond motifs is 1. The van der Waals surface area contributed by atoms with Gasteiger partial charge in [-0.3, -0.25) is 19.6 Å². The lowest BCUT2D eigenvalue weighted by Crippen LogP contribution is -2.24. The molecule has 26 heavy (non-hydrogen) atoms. The van der Waals surface area contributed by atoms with Gasteiger partial charge in [-0.25, -0.2) is 0 Å². The summed E-state index contributed by atoms with van der Waals surface area (Å²) < 4.78 is 7.15. The van der Waals surface area contributed by atoms with Crippen molar-refractivity contribution in [2.75, 3.05) is 0 Å². The predicted molar refractivity (Wildman–Crippen MR) is 98.8 cm³/mol. The number of carbonyl (C=O) groups is 2. The smallest absolute Gasteiger partial charge is 0.303 e. The van der Waals surface area contributed by atoms with Crippen LogP contribution in [-0.2, 0) is 11.3 Å². The largest absolute Gasteiger partial charge is 0.493 e. The zero-order chi connectivity index (χ0) is 18.8. The molecular formula is C17H14N2O5S2. The van der Waals surface area contributed by atoms with E-state index in [0.29, 0.717) is 26.6 Å². The number of ketones is 1. The number of hydrogen-bond donors (Lipinski definition) is 3. The van der Waals surface area contributed by atoms with E-state index in [1.54, 1.807) is 24.3 Å². The first kappa shape index (κ1) is 18.0. The van der Waals surface area contributed by atoms with Gasteiger partial charge in [-0.05, 0) is 36.8 Å². The molecule has 0 atom stereocenters. The van der Waals surface area contributed by atoms with Gasteiger partial charge in [0.25, 0.3) is 0 Å². The molecule has 134 valence electrons. The Kier molecular flexibility index (Phi) is 5.01. The van der Waals surface area contributed by atoms with Gasteiger partial charge in [-0.1, -0.05) is 12.1 Å². The summed E-state index contributed by atoms with van der Waals surface area (Å²) in [5.74, 6) is -1.43. The second-order valence-corrected chi connectivity index (χ2v) is 7.20. The van der Waals surface area contributed by atoms with Crippen molar-refractivity contribution in [3.8, 4) is 11.6 Å². The molecule has 0 saturated carbocycles. The molecule has 0 unspecified atom stereocenters. The summed E-state index contributed by atoms with van der Waals surface area (Å²) in [6, 6.07) is 6.63. The number of carbonyl (C=O) groups excluding carboxylic acids is 1. The summed E-state index contributed by atoms with van der Waals surface area (Å²) in [7, 11) is 0. The molecule has 0 fully saturated rings. The van der Waals surface area contributed by atoms with Gasteiger partial charge in [0.15, 0.2) is 3.95 Å². The van der Waals surface area contributed by atoms with Crippen molar-refractivity contribution < 1.29 is 24.5 Å². The maximum Gasteiger partial charge on any atom is 0.303 e. The Bertz CT molecular complexity index is 1000. The number of hydrogen-bond acceptors (Lipinski definition) is 7. The van der Waals surface area contributed by atoms with E-state index in [4.69, 9.17) is 27.5 Å². The molecule has 0 radical (unpaired) electrons. The van der Waals surface area contributed by atoms with Gasteiger partial charge in [0.1, 0.15) is 5.75 Å². The predicted octanol–water partition coefficient (Wildman–Crippen LogP) is 3.49. The Hall–Kier alpha value is -2.78. The topological polar surface area (TPSA) is 113 Å². The van der Waals surface area contributed by atoms with Crippen molar-refractivity contribution in [2.45, 2.75) is 19.4 Å². The summed E-state index contributed by atoms with van der Waals surface area (Å²) in [6.07, 6.45) is 1.65. The van der Waals surface area contributed by atoms with Gasteiger partial charge in [-0.15, -0.1) is 11.3 Å². The number of aromatic nitrogens is 1. The van der Waals surface area contributed by atoms with Gasteiger partial charge in [0, 0.05) is 13.0 Å². The zero-order valence-electron chi connectivity index (χ0n) is 13.4. The molecule has 0 saturated heterocycles. The van der Waals surface area contributed by atoms with E-state index >= 15 is 0 Å². The van der Waals surface area contributed by atoms with Crippen LogP contribution in [0.15, 0.2) is 29.8 Å². The summed E-state index contributed by atoms with van der Waals surface area (Å²) in [5, 5.41) is 27.0. The number of carboxylic acid groups (broad SMARTS) is 1. The highest BCUT2D eigenvalue weighted by Crippen LogP contribution is 2.33. The molecule has 3 rings (SSSR count). The van der Waals surface area contributed by atoms with Crippen molar-refractivity contribution in [2.24, 2.45) is 0 Å². The highest BCUT2D eigenvalue weighted by Gasteiger charge is 2.28. The van der Waals surface area contributed by atoms with E-state index in [1.165, 1.54) is 10.6 Å². The standard InChI is InChI=1S/C17H14N2O5S2/c18-15-10(14(22)9-4-1-2-5-11(9)24-15)8-12-16(23)19(17(25)26-12)7-3-6-13(20)21/h1-2,4-5,8,18,23H,3,6-7H2,(H,20,21)/b10-8+,18-15?. The molecule has 2 heterocycles. The van der Waals surface area contributed by atoms with Crippen LogP contribution in [0.5, 0.6) is 11.6 Å². The number of para-hydroxylation sites is 1. The minimum Gasteiger partial charge on any atom is -0.493 e. The average Bonchev–Trinajstić information content (AvgIpc) is 2.85. The van der Waals surface area contributed by atoms with Crippen LogP contribution in [0.1, 0.15) is 28.1 Å². The van der Waals surface area contributed by atoms with Crippen LogP contribution < -0.4 is 4.74 Å². The second kappa shape index (κ2) is 7.22. The normalized spacial score (nSPS) is 15.0. The number of thiazole rings is 1. The molecule has 0 amide bonds. The Morgan fingerprint density at radius 3 is 2.85 bits per heavy atom. The van der Waals surface area contributed by atoms with Crippen molar-refractivity contribution in [1.82, 2.24) is 4.57 Å². The summed E-state index contributed by atoms with van der Waals surface area (Å²) in [5.41, 5.74) is 0.367. The van der Waals surface area contributed by atoms with Crippen LogP contribution in [-0.4, -0.2) is 32.4 Å². The number of rotatable bonds is 5. The number of benzene rings is 1. The average molecular weight is 390 g/mol. The van der Waals surface area contributed by atoms with E-state index in [9.17, 15) is 14.7 Å². The SMILES string of the molecule is N=C1Oc2ccccc2C(=O)/C1=C\c1sc(=S)n(CCCC(=O)O)c1O. The second-order valence-electron chi connectivity index (χ2n) is 5.52. The van der Waals surface area contributed by atoms with Crippen LogP contribution in [0.2, 0.25) is 0 Å². The van der Waals surface area contributed by atoms with Gasteiger partial charge in [0.05, 0.1) is 16.0 Å². The van der Waals surface area contributed by atoms with E-state index < -0.39 is 5.97 Å². The molecule has 9 heteroatoms. The number of ether oxygens (including phenoxy) is 1. The van der Waals surface area contributed by atoms with Gasteiger partial charge in [0.2, 0.25) is 17.6 Å². The maximum atomic E-state index is 12.6. The monoisotopic (exact) mass is 390 g/mol. The van der Waals surface area contributed by atoms with Crippen molar-refractivity contribution >= 4 is 47.3 Å². The first-order valence-corrected chi connectivity index (χ1v) is 8.87. The van der Waals surface area contributed by atoms with Crippen LogP contribution in [0.3, 0.4) is 0 Å². The lowest BCUT2D eigenvalue weighted by molar-refractivity contribution is -0.137. The summed E-state index contributed by atoms with van der Waals surface area (Å²) in [4.78, 5) is 23.6. The van der Waals surface area contributed by atoms with Crippen LogP contribution in [0.4, 0.5) is 0 Å². The number of Topliss-reactive ketones (excluding diaryl/α,β-unsaturated/α-hetero) is 1. The van der Waals surface area contributed by atoms with Crippen molar-refractivity contribution in [3.05, 3.63) is 44.2 Å². The molecule has 3 N–H and O–H groups in total. The van der Waals surface area contributed by atoms with Crippen molar-refractivity contribution in [3.63, 3.8) is 0 Å². The molecular weight excluding hydrogens is 376 g/mol. The molecule has 1 aromatic heterocycles. The molecule has 1 aliphatic heterocycles. The minimum atomic E-state index is -0.925. The third-order valence-corrected chi connectivity index (χ3v) is 5.16. The molecule has 0 bridgehead atoms. The first-order chi connectivity index (χ1) is 12.4. The summed E-state index contributed by atoms with van der Waals surface area (Å²) in [6.45, 7) is 0.251. The molecule has 1 aliphatic rings. The third kappa shape index (κ3) is 3.44. The fraction of sp³-hybridized carbons (Fsp3) is 0.176. The quantitative estimate of drug-likeness (QED) is 0.532. The van der Waals surface area contributed by atoms with Gasteiger partial charge >= 0.3 is 5.97 Å². The number of nitrogens with zero attached hydrogens (tertiary/aromatic N) is 1. The Labute approximate surface area is 157 Å². The number of aromatic hydroxyl groups is 1. The number of nitrogens with one attached hydrogen (secondary N) is 1. The fourth-order valence-electron chi connectivity index (χ4n) is 2.51. The Morgan fingerprint density at radius 2 is 2.12 bits per heavy atom. The molecule has 0 aliphatic carbocycles. The lowest BCUT2D eigenvalue weighted by atomic mass is 9.99. The van der Waals surface area contributed by atoms with Gasteiger partial charge in [-0.2, -0.15) is 0 Å². The Morgan fingerprint density at radius 1 is 1.38 bits per heavy atom. The highest BCUT2D eigenvalue weighted by atomic mass is 32.1. The highest BCUT2D eigenvalue weighted by molar-refractivity contribution is 7.73. The Balaban J connectivity index is 1.93. The van der Waals surface area contributed by atoms with E-state index in [1.807, 2.05) is 0 Å². The first-order valence-electron chi connectivity index (χ1n) is 7.65. The third-order valence-electron chi connectivity index (χ3n) is 3.77. The van der Waals surface area contributed by atoms with Crippen molar-refractivity contribution in [1.29, 1.82) is 5.41 Å².